The summed E-state index contributed by atoms with van der Waals surface area (Å²) in [6.07, 6.45) is 5.16. The summed E-state index contributed by atoms with van der Waals surface area (Å²) in [4.78, 5) is 0. The topological polar surface area (TPSA) is 38.0 Å². The van der Waals surface area contributed by atoms with Crippen molar-refractivity contribution in [2.45, 2.75) is 57.7 Å². The molecule has 0 aromatic rings. The molecule has 1 heterocycles. The van der Waals surface area contributed by atoms with Crippen LogP contribution in [0.2, 0.25) is 0 Å². The predicted octanol–water partition coefficient (Wildman–Crippen LogP) is 2.54. The summed E-state index contributed by atoms with van der Waals surface area (Å²) in [7, 11) is 0. The summed E-state index contributed by atoms with van der Waals surface area (Å²) in [5.74, 6) is 6.94. The molecule has 1 fully saturated rings. The van der Waals surface area contributed by atoms with Crippen LogP contribution in [-0.2, 0) is 0 Å². The van der Waals surface area contributed by atoms with Crippen molar-refractivity contribution in [3.8, 4) is 0 Å². The summed E-state index contributed by atoms with van der Waals surface area (Å²) in [5, 5.41) is 0.752. The zero-order valence-electron chi connectivity index (χ0n) is 9.68. The van der Waals surface area contributed by atoms with Crippen molar-refractivity contribution in [1.29, 1.82) is 0 Å². The molecule has 2 nitrogen and oxygen atoms in total. The molecule has 0 radical (unpaired) electrons. The average molecular weight is 216 g/mol. The molecule has 1 rings (SSSR count). The summed E-state index contributed by atoms with van der Waals surface area (Å²) in [6, 6.07) is 0.515. The Balaban J connectivity index is 2.31. The highest BCUT2D eigenvalue weighted by atomic mass is 32.2. The Bertz CT molecular complexity index is 159. The van der Waals surface area contributed by atoms with Crippen LogP contribution in [0, 0.1) is 5.41 Å². The van der Waals surface area contributed by atoms with Crippen LogP contribution in [-0.4, -0.2) is 17.0 Å². The van der Waals surface area contributed by atoms with Crippen LogP contribution >= 0.6 is 11.8 Å². The second kappa shape index (κ2) is 5.38. The third kappa shape index (κ3) is 4.20. The molecule has 3 heteroatoms. The van der Waals surface area contributed by atoms with Gasteiger partial charge in [0.2, 0.25) is 0 Å². The minimum absolute atomic E-state index is 0.429. The van der Waals surface area contributed by atoms with E-state index in [1.54, 1.807) is 0 Å². The van der Waals surface area contributed by atoms with Gasteiger partial charge in [-0.25, -0.2) is 0 Å². The van der Waals surface area contributed by atoms with Gasteiger partial charge in [0.25, 0.3) is 0 Å². The van der Waals surface area contributed by atoms with E-state index in [1.807, 2.05) is 0 Å². The molecule has 14 heavy (non-hydrogen) atoms. The van der Waals surface area contributed by atoms with Gasteiger partial charge in [0.05, 0.1) is 0 Å². The van der Waals surface area contributed by atoms with E-state index in [1.165, 1.54) is 31.4 Å². The fourth-order valence-corrected chi connectivity index (χ4v) is 3.30. The van der Waals surface area contributed by atoms with Gasteiger partial charge < -0.3 is 0 Å². The average Bonchev–Trinajstić information content (AvgIpc) is 2.56. The summed E-state index contributed by atoms with van der Waals surface area (Å²) in [6.45, 7) is 6.88. The van der Waals surface area contributed by atoms with E-state index in [-0.39, 0.29) is 0 Å². The maximum atomic E-state index is 5.62. The first-order valence-corrected chi connectivity index (χ1v) is 6.65. The van der Waals surface area contributed by atoms with Gasteiger partial charge >= 0.3 is 0 Å². The quantitative estimate of drug-likeness (QED) is 0.560. The van der Waals surface area contributed by atoms with E-state index in [4.69, 9.17) is 5.84 Å². The van der Waals surface area contributed by atoms with Crippen LogP contribution in [0.15, 0.2) is 0 Å². The molecular formula is C11H24N2S. The molecule has 0 bridgehead atoms. The Labute approximate surface area is 92.4 Å². The van der Waals surface area contributed by atoms with Gasteiger partial charge in [0.15, 0.2) is 0 Å². The van der Waals surface area contributed by atoms with Crippen molar-refractivity contribution in [3.63, 3.8) is 0 Å². The molecule has 0 spiro atoms. The maximum absolute atomic E-state index is 5.62. The maximum Gasteiger partial charge on any atom is 0.0329 e. The van der Waals surface area contributed by atoms with E-state index < -0.39 is 0 Å². The third-order valence-electron chi connectivity index (χ3n) is 2.83. The Morgan fingerprint density at radius 2 is 2.21 bits per heavy atom. The Kier molecular flexibility index (Phi) is 4.74. The number of thioether (sulfide) groups is 1. The highest BCUT2D eigenvalue weighted by Crippen LogP contribution is 2.32. The van der Waals surface area contributed by atoms with Crippen LogP contribution in [0.5, 0.6) is 0 Å². The van der Waals surface area contributed by atoms with Gasteiger partial charge in [-0.1, -0.05) is 20.8 Å². The second-order valence-electron chi connectivity index (χ2n) is 5.42. The van der Waals surface area contributed by atoms with Crippen molar-refractivity contribution < 1.29 is 0 Å². The Hall–Kier alpha value is 0.270. The zero-order chi connectivity index (χ0) is 10.6. The lowest BCUT2D eigenvalue weighted by Crippen LogP contribution is -2.42. The minimum atomic E-state index is 0.429. The number of hydrogen-bond donors (Lipinski definition) is 2. The molecule has 1 saturated heterocycles. The smallest absolute Gasteiger partial charge is 0.0329 e. The molecule has 0 amide bonds. The highest BCUT2D eigenvalue weighted by molar-refractivity contribution is 8.00. The standard InChI is InChI=1S/C11H24N2S/c1-11(2,3)7-6-9(13-12)10-5-4-8-14-10/h9-10,13H,4-8,12H2,1-3H3. The van der Waals surface area contributed by atoms with Gasteiger partial charge in [0, 0.05) is 11.3 Å². The molecule has 0 aromatic carbocycles. The zero-order valence-corrected chi connectivity index (χ0v) is 10.5. The van der Waals surface area contributed by atoms with E-state index in [0.717, 1.165) is 5.25 Å². The van der Waals surface area contributed by atoms with E-state index in [9.17, 15) is 0 Å². The van der Waals surface area contributed by atoms with Crippen LogP contribution in [0.3, 0.4) is 0 Å². The fraction of sp³-hybridized carbons (Fsp3) is 1.00. The molecular weight excluding hydrogens is 192 g/mol. The van der Waals surface area contributed by atoms with Gasteiger partial charge in [-0.2, -0.15) is 11.8 Å². The molecule has 0 aliphatic carbocycles. The van der Waals surface area contributed by atoms with Crippen molar-refractivity contribution in [1.82, 2.24) is 5.43 Å². The third-order valence-corrected chi connectivity index (χ3v) is 4.35. The van der Waals surface area contributed by atoms with Crippen LogP contribution in [0.4, 0.5) is 0 Å². The largest absolute Gasteiger partial charge is 0.271 e. The molecule has 84 valence electrons. The second-order valence-corrected chi connectivity index (χ2v) is 6.77. The number of hydrazine groups is 1. The molecule has 1 aliphatic rings. The summed E-state index contributed by atoms with van der Waals surface area (Å²) >= 11 is 2.08. The first kappa shape index (κ1) is 12.3. The minimum Gasteiger partial charge on any atom is -0.271 e. The van der Waals surface area contributed by atoms with Crippen LogP contribution < -0.4 is 11.3 Å². The molecule has 1 aliphatic heterocycles. The number of hydrogen-bond acceptors (Lipinski definition) is 3. The Morgan fingerprint density at radius 3 is 2.64 bits per heavy atom. The first-order chi connectivity index (χ1) is 6.53. The lowest BCUT2D eigenvalue weighted by atomic mass is 9.88. The van der Waals surface area contributed by atoms with Crippen LogP contribution in [0.25, 0.3) is 0 Å². The monoisotopic (exact) mass is 216 g/mol. The number of nitrogens with two attached hydrogens (primary N) is 1. The van der Waals surface area contributed by atoms with Gasteiger partial charge in [-0.3, -0.25) is 11.3 Å². The molecule has 2 unspecified atom stereocenters. The number of rotatable bonds is 4. The highest BCUT2D eigenvalue weighted by Gasteiger charge is 2.25. The number of nitrogens with one attached hydrogen (secondary N) is 1. The molecule has 0 saturated carbocycles. The van der Waals surface area contributed by atoms with Crippen molar-refractivity contribution >= 4 is 11.8 Å². The van der Waals surface area contributed by atoms with E-state index in [2.05, 4.69) is 38.0 Å². The van der Waals surface area contributed by atoms with E-state index in [0.29, 0.717) is 11.5 Å². The molecule has 0 aromatic heterocycles. The first-order valence-electron chi connectivity index (χ1n) is 5.61. The Morgan fingerprint density at radius 1 is 1.50 bits per heavy atom. The lowest BCUT2D eigenvalue weighted by Gasteiger charge is -2.26. The fourth-order valence-electron chi connectivity index (χ4n) is 1.88. The van der Waals surface area contributed by atoms with Gasteiger partial charge in [-0.15, -0.1) is 0 Å². The van der Waals surface area contributed by atoms with E-state index >= 15 is 0 Å². The van der Waals surface area contributed by atoms with Crippen molar-refractivity contribution in [2.24, 2.45) is 11.3 Å². The normalized spacial score (nSPS) is 25.3. The van der Waals surface area contributed by atoms with Gasteiger partial charge in [-0.05, 0) is 36.9 Å². The van der Waals surface area contributed by atoms with Crippen molar-refractivity contribution in [3.05, 3.63) is 0 Å². The summed E-state index contributed by atoms with van der Waals surface area (Å²) < 4.78 is 0. The molecule has 3 N–H and O–H groups in total. The lowest BCUT2D eigenvalue weighted by molar-refractivity contribution is 0.326. The predicted molar refractivity (Wildman–Crippen MR) is 65.3 cm³/mol. The molecule has 2 atom stereocenters. The van der Waals surface area contributed by atoms with Crippen LogP contribution in [0.1, 0.15) is 46.5 Å². The van der Waals surface area contributed by atoms with Crippen molar-refractivity contribution in [2.75, 3.05) is 5.75 Å². The summed E-state index contributed by atoms with van der Waals surface area (Å²) in [5.41, 5.74) is 3.42. The van der Waals surface area contributed by atoms with Gasteiger partial charge in [0.1, 0.15) is 0 Å². The SMILES string of the molecule is CC(C)(C)CCC(NN)C1CCCS1.